The summed E-state index contributed by atoms with van der Waals surface area (Å²) in [6, 6.07) is 9.65. The molecule has 1 aliphatic heterocycles. The SMILES string of the molecule is CN(CC(=O)Nc1cccc(F)c1)C(=O)CCNS(=O)(=O)c1ccc2c(c1)OCCO2. The van der Waals surface area contributed by atoms with Gasteiger partial charge in [-0.1, -0.05) is 6.07 Å². The number of anilines is 1. The van der Waals surface area contributed by atoms with Crippen molar-refractivity contribution in [3.05, 3.63) is 48.3 Å². The molecule has 11 heteroatoms. The second-order valence-corrected chi connectivity index (χ2v) is 8.53. The number of sulfonamides is 1. The third-order valence-corrected chi connectivity index (χ3v) is 5.83. The number of carbonyl (C=O) groups is 2. The molecular weight excluding hydrogens is 429 g/mol. The number of rotatable bonds is 8. The number of hydrogen-bond donors (Lipinski definition) is 2. The molecule has 1 aliphatic rings. The van der Waals surface area contributed by atoms with Gasteiger partial charge in [-0.15, -0.1) is 0 Å². The quantitative estimate of drug-likeness (QED) is 0.627. The topological polar surface area (TPSA) is 114 Å². The predicted molar refractivity (Wildman–Crippen MR) is 110 cm³/mol. The summed E-state index contributed by atoms with van der Waals surface area (Å²) in [5.41, 5.74) is 0.276. The first kappa shape index (κ1) is 22.5. The van der Waals surface area contributed by atoms with E-state index in [2.05, 4.69) is 10.0 Å². The Kier molecular flexibility index (Phi) is 7.08. The molecule has 2 aromatic carbocycles. The van der Waals surface area contributed by atoms with E-state index in [4.69, 9.17) is 9.47 Å². The number of fused-ring (bicyclic) bond motifs is 1. The molecule has 31 heavy (non-hydrogen) atoms. The first-order valence-corrected chi connectivity index (χ1v) is 10.9. The van der Waals surface area contributed by atoms with Crippen LogP contribution in [0.4, 0.5) is 10.1 Å². The highest BCUT2D eigenvalue weighted by Crippen LogP contribution is 2.32. The van der Waals surface area contributed by atoms with Crippen molar-refractivity contribution in [3.63, 3.8) is 0 Å². The van der Waals surface area contributed by atoms with Crippen LogP contribution >= 0.6 is 0 Å². The van der Waals surface area contributed by atoms with Crippen LogP contribution in [0.15, 0.2) is 47.4 Å². The predicted octanol–water partition coefficient (Wildman–Crippen LogP) is 1.36. The number of likely N-dealkylation sites (N-methyl/N-ethyl adjacent to an activating group) is 1. The van der Waals surface area contributed by atoms with Gasteiger partial charge in [0.2, 0.25) is 21.8 Å². The summed E-state index contributed by atoms with van der Waals surface area (Å²) in [7, 11) is -2.43. The minimum absolute atomic E-state index is 0.00738. The molecule has 0 fully saturated rings. The van der Waals surface area contributed by atoms with Crippen LogP contribution in [-0.2, 0) is 19.6 Å². The Hall–Kier alpha value is -3.18. The van der Waals surface area contributed by atoms with Crippen LogP contribution in [0, 0.1) is 5.82 Å². The van der Waals surface area contributed by atoms with E-state index in [1.54, 1.807) is 0 Å². The molecule has 0 unspecified atom stereocenters. The van der Waals surface area contributed by atoms with E-state index < -0.39 is 27.7 Å². The van der Waals surface area contributed by atoms with Gasteiger partial charge >= 0.3 is 0 Å². The lowest BCUT2D eigenvalue weighted by Crippen LogP contribution is -2.37. The molecule has 0 radical (unpaired) electrons. The van der Waals surface area contributed by atoms with E-state index >= 15 is 0 Å². The summed E-state index contributed by atoms with van der Waals surface area (Å²) in [4.78, 5) is 25.4. The van der Waals surface area contributed by atoms with E-state index in [1.165, 1.54) is 43.4 Å². The normalized spacial score (nSPS) is 12.8. The average molecular weight is 451 g/mol. The van der Waals surface area contributed by atoms with Crippen molar-refractivity contribution in [2.75, 3.05) is 38.7 Å². The zero-order chi connectivity index (χ0) is 22.4. The fraction of sp³-hybridized carbons (Fsp3) is 0.300. The van der Waals surface area contributed by atoms with Crippen molar-refractivity contribution in [2.24, 2.45) is 0 Å². The number of amides is 2. The summed E-state index contributed by atoms with van der Waals surface area (Å²) in [6.07, 6.45) is -0.145. The highest BCUT2D eigenvalue weighted by molar-refractivity contribution is 7.89. The molecule has 166 valence electrons. The summed E-state index contributed by atoms with van der Waals surface area (Å²) in [5.74, 6) is -0.613. The van der Waals surface area contributed by atoms with Crippen molar-refractivity contribution < 1.29 is 31.9 Å². The van der Waals surface area contributed by atoms with Gasteiger partial charge in [0, 0.05) is 31.8 Å². The Morgan fingerprint density at radius 2 is 1.84 bits per heavy atom. The van der Waals surface area contributed by atoms with Crippen molar-refractivity contribution in [3.8, 4) is 11.5 Å². The van der Waals surface area contributed by atoms with Crippen LogP contribution in [0.5, 0.6) is 11.5 Å². The molecular formula is C20H22FN3O6S. The summed E-state index contributed by atoms with van der Waals surface area (Å²) >= 11 is 0. The summed E-state index contributed by atoms with van der Waals surface area (Å²) < 4.78 is 51.2. The fourth-order valence-electron chi connectivity index (χ4n) is 2.83. The van der Waals surface area contributed by atoms with E-state index in [0.717, 1.165) is 11.0 Å². The third-order valence-electron chi connectivity index (χ3n) is 4.37. The van der Waals surface area contributed by atoms with Gasteiger partial charge in [-0.25, -0.2) is 17.5 Å². The van der Waals surface area contributed by atoms with Gasteiger partial charge in [0.15, 0.2) is 11.5 Å². The number of ether oxygens (including phenoxy) is 2. The maximum Gasteiger partial charge on any atom is 0.243 e. The zero-order valence-electron chi connectivity index (χ0n) is 16.8. The third kappa shape index (κ3) is 6.15. The van der Waals surface area contributed by atoms with Crippen LogP contribution in [0.3, 0.4) is 0 Å². The lowest BCUT2D eigenvalue weighted by molar-refractivity contribution is -0.133. The Balaban J connectivity index is 1.48. The van der Waals surface area contributed by atoms with Crippen LogP contribution in [0.25, 0.3) is 0 Å². The maximum atomic E-state index is 13.2. The van der Waals surface area contributed by atoms with Gasteiger partial charge in [-0.3, -0.25) is 9.59 Å². The Labute approximate surface area is 179 Å². The highest BCUT2D eigenvalue weighted by Gasteiger charge is 2.20. The van der Waals surface area contributed by atoms with Crippen molar-refractivity contribution in [1.29, 1.82) is 0 Å². The largest absolute Gasteiger partial charge is 0.486 e. The van der Waals surface area contributed by atoms with Gasteiger partial charge < -0.3 is 19.7 Å². The molecule has 9 nitrogen and oxygen atoms in total. The van der Waals surface area contributed by atoms with Crippen molar-refractivity contribution in [2.45, 2.75) is 11.3 Å². The van der Waals surface area contributed by atoms with Crippen molar-refractivity contribution >= 4 is 27.5 Å². The number of halogens is 1. The van der Waals surface area contributed by atoms with Gasteiger partial charge in [-0.2, -0.15) is 0 Å². The molecule has 0 saturated heterocycles. The minimum atomic E-state index is -3.85. The fourth-order valence-corrected chi connectivity index (χ4v) is 3.87. The first-order chi connectivity index (χ1) is 14.7. The second-order valence-electron chi connectivity index (χ2n) is 6.76. The lowest BCUT2D eigenvalue weighted by atomic mass is 10.3. The molecule has 0 aliphatic carbocycles. The summed E-state index contributed by atoms with van der Waals surface area (Å²) in [5, 5.41) is 2.49. The number of benzene rings is 2. The molecule has 0 bridgehead atoms. The molecule has 1 heterocycles. The van der Waals surface area contributed by atoms with E-state index in [-0.39, 0.29) is 30.1 Å². The average Bonchev–Trinajstić information content (AvgIpc) is 2.73. The standard InChI is InChI=1S/C20H22FN3O6S/c1-24(13-19(25)23-15-4-2-3-14(21)11-15)20(26)7-8-22-31(27,28)16-5-6-17-18(12-16)30-10-9-29-17/h2-6,11-12,22H,7-10,13H2,1H3,(H,23,25). The van der Waals surface area contributed by atoms with E-state index in [9.17, 15) is 22.4 Å². The molecule has 0 atom stereocenters. The van der Waals surface area contributed by atoms with E-state index in [1.807, 2.05) is 0 Å². The molecule has 2 aromatic rings. The molecule has 2 amide bonds. The monoisotopic (exact) mass is 451 g/mol. The smallest absolute Gasteiger partial charge is 0.243 e. The highest BCUT2D eigenvalue weighted by atomic mass is 32.2. The number of carbonyl (C=O) groups excluding carboxylic acids is 2. The Morgan fingerprint density at radius 1 is 1.10 bits per heavy atom. The maximum absolute atomic E-state index is 13.2. The summed E-state index contributed by atoms with van der Waals surface area (Å²) in [6.45, 7) is 0.320. The van der Waals surface area contributed by atoms with Gasteiger partial charge in [-0.05, 0) is 30.3 Å². The second kappa shape index (κ2) is 9.75. The lowest BCUT2D eigenvalue weighted by Gasteiger charge is -2.19. The Morgan fingerprint density at radius 3 is 2.58 bits per heavy atom. The number of nitrogens with one attached hydrogen (secondary N) is 2. The van der Waals surface area contributed by atoms with Gasteiger partial charge in [0.05, 0.1) is 11.4 Å². The molecule has 0 aromatic heterocycles. The van der Waals surface area contributed by atoms with Crippen molar-refractivity contribution in [1.82, 2.24) is 9.62 Å². The van der Waals surface area contributed by atoms with Gasteiger partial charge in [0.1, 0.15) is 19.0 Å². The van der Waals surface area contributed by atoms with E-state index in [0.29, 0.717) is 24.7 Å². The zero-order valence-corrected chi connectivity index (χ0v) is 17.6. The van der Waals surface area contributed by atoms with Gasteiger partial charge in [0.25, 0.3) is 0 Å². The molecule has 0 saturated carbocycles. The van der Waals surface area contributed by atoms with Crippen LogP contribution in [-0.4, -0.2) is 58.5 Å². The molecule has 0 spiro atoms. The van der Waals surface area contributed by atoms with Crippen LogP contribution < -0.4 is 19.5 Å². The van der Waals surface area contributed by atoms with Crippen LogP contribution in [0.1, 0.15) is 6.42 Å². The van der Waals surface area contributed by atoms with Crippen LogP contribution in [0.2, 0.25) is 0 Å². The number of nitrogens with zero attached hydrogens (tertiary/aromatic N) is 1. The minimum Gasteiger partial charge on any atom is -0.486 e. The Bertz CT molecular complexity index is 1080. The molecule has 3 rings (SSSR count). The molecule has 2 N–H and O–H groups in total. The first-order valence-electron chi connectivity index (χ1n) is 9.43. The number of hydrogen-bond acceptors (Lipinski definition) is 6.